The van der Waals surface area contributed by atoms with Crippen molar-refractivity contribution in [1.82, 2.24) is 0 Å². The minimum absolute atomic E-state index is 0.167. The van der Waals surface area contributed by atoms with Crippen LogP contribution in [0.25, 0.3) is 0 Å². The van der Waals surface area contributed by atoms with Crippen molar-refractivity contribution in [2.45, 2.75) is 25.6 Å². The Morgan fingerprint density at radius 1 is 0.800 bits per heavy atom. The smallest absolute Gasteiger partial charge is 0.241 e. The van der Waals surface area contributed by atoms with E-state index < -0.39 is 52.7 Å². The van der Waals surface area contributed by atoms with Crippen LogP contribution in [-0.2, 0) is 14.3 Å². The van der Waals surface area contributed by atoms with E-state index in [-0.39, 0.29) is 11.1 Å². The lowest BCUT2D eigenvalue weighted by Gasteiger charge is -2.27. The van der Waals surface area contributed by atoms with Crippen molar-refractivity contribution in [2.75, 3.05) is 4.90 Å². The van der Waals surface area contributed by atoms with E-state index >= 15 is 0 Å². The van der Waals surface area contributed by atoms with Gasteiger partial charge in [-0.15, -0.1) is 0 Å². The number of anilines is 1. The summed E-state index contributed by atoms with van der Waals surface area (Å²) in [5.41, 5.74) is 0.866. The van der Waals surface area contributed by atoms with Gasteiger partial charge in [0.2, 0.25) is 29.0 Å². The van der Waals surface area contributed by atoms with E-state index in [2.05, 4.69) is 0 Å². The average Bonchev–Trinajstić information content (AvgIpc) is 3.41. The van der Waals surface area contributed by atoms with Gasteiger partial charge in [0, 0.05) is 11.1 Å². The zero-order valence-corrected chi connectivity index (χ0v) is 18.9. The number of ketones is 2. The van der Waals surface area contributed by atoms with Crippen molar-refractivity contribution < 1.29 is 28.3 Å². The molecule has 3 aromatic rings. The Kier molecular flexibility index (Phi) is 4.47. The molecule has 3 aromatic carbocycles. The third kappa shape index (κ3) is 2.73. The van der Waals surface area contributed by atoms with Crippen LogP contribution in [0.15, 0.2) is 66.7 Å². The Labute approximate surface area is 200 Å². The van der Waals surface area contributed by atoms with E-state index in [0.29, 0.717) is 11.3 Å². The van der Waals surface area contributed by atoms with Crippen molar-refractivity contribution in [1.29, 1.82) is 0 Å². The molecule has 0 unspecified atom stereocenters. The first-order chi connectivity index (χ1) is 16.8. The maximum atomic E-state index is 13.9. The number of halogens is 1. The molecule has 6 nitrogen and oxygen atoms in total. The van der Waals surface area contributed by atoms with E-state index in [9.17, 15) is 23.6 Å². The predicted octanol–water partition coefficient (Wildman–Crippen LogP) is 4.14. The van der Waals surface area contributed by atoms with Crippen LogP contribution < -0.4 is 4.90 Å². The largest absolute Gasteiger partial charge is 0.349 e. The van der Waals surface area contributed by atoms with Crippen molar-refractivity contribution in [3.8, 4) is 0 Å². The molecule has 2 saturated heterocycles. The van der Waals surface area contributed by atoms with Gasteiger partial charge >= 0.3 is 0 Å². The van der Waals surface area contributed by atoms with Crippen molar-refractivity contribution >= 4 is 29.1 Å². The van der Waals surface area contributed by atoms with Gasteiger partial charge in [-0.2, -0.15) is 0 Å². The standard InChI is InChI=1S/C28H20FNO5/c1-14-7-12-18(13-15(14)2)30-26(33)21-22(27(30)34)28(35-23(21)16-8-10-17(29)11-9-16)24(31)19-5-3-4-6-20(19)25(28)32/h3-13,21-23H,1-2H3/t21-,22-,23-/m0/s1. The Hall–Kier alpha value is -3.97. The van der Waals surface area contributed by atoms with E-state index in [1.54, 1.807) is 24.3 Å². The van der Waals surface area contributed by atoms with Crippen LogP contribution in [0, 0.1) is 31.5 Å². The van der Waals surface area contributed by atoms with Gasteiger partial charge in [-0.05, 0) is 54.8 Å². The van der Waals surface area contributed by atoms with Gasteiger partial charge in [0.1, 0.15) is 5.82 Å². The highest BCUT2D eigenvalue weighted by molar-refractivity contribution is 6.37. The summed E-state index contributed by atoms with van der Waals surface area (Å²) in [5.74, 6) is -5.38. The lowest BCUT2D eigenvalue weighted by Crippen LogP contribution is -2.51. The molecule has 0 bridgehead atoms. The molecule has 3 aliphatic rings. The molecule has 0 aromatic heterocycles. The summed E-state index contributed by atoms with van der Waals surface area (Å²) in [6.45, 7) is 3.79. The van der Waals surface area contributed by atoms with Gasteiger partial charge in [-0.25, -0.2) is 9.29 Å². The fraction of sp³-hybridized carbons (Fsp3) is 0.214. The number of carbonyl (C=O) groups excluding carboxylic acids is 4. The van der Waals surface area contributed by atoms with E-state index in [1.807, 2.05) is 19.9 Å². The van der Waals surface area contributed by atoms with Crippen LogP contribution in [0.2, 0.25) is 0 Å². The summed E-state index contributed by atoms with van der Waals surface area (Å²) in [7, 11) is 0. The summed E-state index contributed by atoms with van der Waals surface area (Å²) in [6.07, 6.45) is -1.07. The Balaban J connectivity index is 1.54. The van der Waals surface area contributed by atoms with Crippen LogP contribution in [0.1, 0.15) is 43.5 Å². The molecule has 6 rings (SSSR count). The van der Waals surface area contributed by atoms with E-state index in [1.165, 1.54) is 36.4 Å². The first kappa shape index (κ1) is 21.6. The van der Waals surface area contributed by atoms with Crippen LogP contribution >= 0.6 is 0 Å². The number of Topliss-reactive ketones (excluding diaryl/α,β-unsaturated/α-hetero) is 2. The number of amides is 2. The summed E-state index contributed by atoms with van der Waals surface area (Å²) in [6, 6.07) is 16.9. The molecule has 7 heteroatoms. The van der Waals surface area contributed by atoms with Gasteiger partial charge in [0.05, 0.1) is 23.6 Å². The van der Waals surface area contributed by atoms with Crippen LogP contribution in [-0.4, -0.2) is 29.0 Å². The highest BCUT2D eigenvalue weighted by Gasteiger charge is 2.74. The molecule has 35 heavy (non-hydrogen) atoms. The SMILES string of the molecule is Cc1ccc(N2C(=O)[C@H]3[C@@H](C2=O)C2(O[C@H]3c3ccc(F)cc3)C(=O)c3ccccc3C2=O)cc1C. The molecule has 2 fully saturated rings. The number of ether oxygens (including phenoxy) is 1. The first-order valence-electron chi connectivity index (χ1n) is 11.3. The summed E-state index contributed by atoms with van der Waals surface area (Å²) >= 11 is 0. The summed E-state index contributed by atoms with van der Waals surface area (Å²) < 4.78 is 19.8. The second kappa shape index (κ2) is 7.26. The number of benzene rings is 3. The number of fused-ring (bicyclic) bond motifs is 3. The summed E-state index contributed by atoms with van der Waals surface area (Å²) in [4.78, 5) is 56.2. The second-order valence-corrected chi connectivity index (χ2v) is 9.31. The molecular weight excluding hydrogens is 449 g/mol. The molecule has 0 N–H and O–H groups in total. The Morgan fingerprint density at radius 2 is 1.43 bits per heavy atom. The molecule has 1 spiro atoms. The maximum Gasteiger partial charge on any atom is 0.241 e. The molecule has 2 heterocycles. The zero-order chi connectivity index (χ0) is 24.6. The average molecular weight is 469 g/mol. The van der Waals surface area contributed by atoms with Crippen molar-refractivity contribution in [3.05, 3.63) is 100 Å². The fourth-order valence-corrected chi connectivity index (χ4v) is 5.59. The molecule has 2 aliphatic heterocycles. The molecule has 1 aliphatic carbocycles. The molecule has 3 atom stereocenters. The van der Waals surface area contributed by atoms with E-state index in [4.69, 9.17) is 4.74 Å². The minimum Gasteiger partial charge on any atom is -0.349 e. The first-order valence-corrected chi connectivity index (χ1v) is 11.3. The van der Waals surface area contributed by atoms with Crippen LogP contribution in [0.3, 0.4) is 0 Å². The molecular formula is C28H20FNO5. The number of rotatable bonds is 2. The third-order valence-electron chi connectivity index (χ3n) is 7.47. The highest BCUT2D eigenvalue weighted by atomic mass is 19.1. The quantitative estimate of drug-likeness (QED) is 0.416. The molecule has 0 saturated carbocycles. The molecule has 0 radical (unpaired) electrons. The lowest BCUT2D eigenvalue weighted by molar-refractivity contribution is -0.127. The van der Waals surface area contributed by atoms with Crippen molar-refractivity contribution in [2.24, 2.45) is 11.8 Å². The monoisotopic (exact) mass is 469 g/mol. The topological polar surface area (TPSA) is 80.8 Å². The van der Waals surface area contributed by atoms with Gasteiger partial charge < -0.3 is 4.74 Å². The number of hydrogen-bond donors (Lipinski definition) is 0. The Bertz CT molecular complexity index is 1430. The number of aryl methyl sites for hydroxylation is 2. The summed E-state index contributed by atoms with van der Waals surface area (Å²) in [5, 5.41) is 0. The number of hydrogen-bond acceptors (Lipinski definition) is 5. The predicted molar refractivity (Wildman–Crippen MR) is 123 cm³/mol. The molecule has 174 valence electrons. The van der Waals surface area contributed by atoms with Gasteiger partial charge in [-0.1, -0.05) is 42.5 Å². The number of nitrogens with zero attached hydrogens (tertiary/aromatic N) is 1. The Morgan fingerprint density at radius 3 is 2.03 bits per heavy atom. The molecule has 2 amide bonds. The highest BCUT2D eigenvalue weighted by Crippen LogP contribution is 2.57. The fourth-order valence-electron chi connectivity index (χ4n) is 5.59. The number of carbonyl (C=O) groups is 4. The van der Waals surface area contributed by atoms with Crippen molar-refractivity contribution in [3.63, 3.8) is 0 Å². The number of imide groups is 1. The van der Waals surface area contributed by atoms with E-state index in [0.717, 1.165) is 16.0 Å². The third-order valence-corrected chi connectivity index (χ3v) is 7.47. The lowest BCUT2D eigenvalue weighted by atomic mass is 9.77. The van der Waals surface area contributed by atoms with Crippen LogP contribution in [0.5, 0.6) is 0 Å². The maximum absolute atomic E-state index is 13.9. The van der Waals surface area contributed by atoms with Gasteiger partial charge in [0.15, 0.2) is 0 Å². The van der Waals surface area contributed by atoms with Gasteiger partial charge in [-0.3, -0.25) is 19.2 Å². The zero-order valence-electron chi connectivity index (χ0n) is 18.9. The van der Waals surface area contributed by atoms with Crippen LogP contribution in [0.4, 0.5) is 10.1 Å². The second-order valence-electron chi connectivity index (χ2n) is 9.31. The van der Waals surface area contributed by atoms with Gasteiger partial charge in [0.25, 0.3) is 0 Å². The minimum atomic E-state index is -2.14. The normalized spacial score (nSPS) is 24.4.